The molecule has 0 fully saturated rings. The highest BCUT2D eigenvalue weighted by molar-refractivity contribution is 5.93. The first-order valence-electron chi connectivity index (χ1n) is 6.45. The van der Waals surface area contributed by atoms with Crippen molar-refractivity contribution in [2.24, 2.45) is 0 Å². The van der Waals surface area contributed by atoms with Crippen molar-refractivity contribution in [2.75, 3.05) is 0 Å². The van der Waals surface area contributed by atoms with Gasteiger partial charge in [0.05, 0.1) is 4.92 Å². The Morgan fingerprint density at radius 3 is 2.82 bits per heavy atom. The van der Waals surface area contributed by atoms with Crippen LogP contribution in [0.25, 0.3) is 5.65 Å². The Labute approximate surface area is 124 Å². The number of hydrogen-bond donors (Lipinski definition) is 1. The van der Waals surface area contributed by atoms with E-state index in [4.69, 9.17) is 0 Å². The molecule has 0 bridgehead atoms. The summed E-state index contributed by atoms with van der Waals surface area (Å²) in [5.41, 5.74) is 1.31. The molecule has 0 spiro atoms. The lowest BCUT2D eigenvalue weighted by Gasteiger charge is -2.02. The Kier molecular flexibility index (Phi) is 3.48. The van der Waals surface area contributed by atoms with Crippen LogP contribution in [-0.2, 0) is 6.54 Å². The number of nitro groups is 1. The van der Waals surface area contributed by atoms with Gasteiger partial charge in [0.25, 0.3) is 5.91 Å². The number of aromatic nitrogens is 3. The van der Waals surface area contributed by atoms with Crippen molar-refractivity contribution < 1.29 is 9.72 Å². The fraction of sp³-hybridized carbons (Fsp3) is 0.0714. The fourth-order valence-electron chi connectivity index (χ4n) is 1.94. The molecule has 1 aromatic carbocycles. The minimum absolute atomic E-state index is 0.156. The van der Waals surface area contributed by atoms with Gasteiger partial charge in [-0.25, -0.2) is 9.50 Å². The van der Waals surface area contributed by atoms with Crippen LogP contribution in [0.15, 0.2) is 48.8 Å². The maximum atomic E-state index is 12.1. The SMILES string of the molecule is O=C(NCc1ccccc1)c1cc2ncc([N+](=O)[O-])cn2n1. The summed E-state index contributed by atoms with van der Waals surface area (Å²) in [4.78, 5) is 26.1. The third-order valence-corrected chi connectivity index (χ3v) is 3.04. The molecule has 8 nitrogen and oxygen atoms in total. The second-order valence-electron chi connectivity index (χ2n) is 4.57. The second-order valence-corrected chi connectivity index (χ2v) is 4.57. The van der Waals surface area contributed by atoms with Crippen LogP contribution in [-0.4, -0.2) is 25.4 Å². The minimum atomic E-state index is -0.566. The number of amides is 1. The van der Waals surface area contributed by atoms with Crippen molar-refractivity contribution in [1.82, 2.24) is 19.9 Å². The second kappa shape index (κ2) is 5.60. The molecule has 0 radical (unpaired) electrons. The average Bonchev–Trinajstić information content (AvgIpc) is 2.96. The summed E-state index contributed by atoms with van der Waals surface area (Å²) in [7, 11) is 0. The van der Waals surface area contributed by atoms with Crippen LogP contribution < -0.4 is 5.32 Å². The highest BCUT2D eigenvalue weighted by Crippen LogP contribution is 2.11. The first-order chi connectivity index (χ1) is 10.6. The number of fused-ring (bicyclic) bond motifs is 1. The van der Waals surface area contributed by atoms with Crippen molar-refractivity contribution in [1.29, 1.82) is 0 Å². The predicted molar refractivity (Wildman–Crippen MR) is 77.3 cm³/mol. The van der Waals surface area contributed by atoms with Crippen molar-refractivity contribution in [3.8, 4) is 0 Å². The van der Waals surface area contributed by atoms with E-state index >= 15 is 0 Å². The lowest BCUT2D eigenvalue weighted by Crippen LogP contribution is -2.23. The summed E-state index contributed by atoms with van der Waals surface area (Å²) >= 11 is 0. The number of carbonyl (C=O) groups is 1. The quantitative estimate of drug-likeness (QED) is 0.581. The average molecular weight is 297 g/mol. The molecule has 0 saturated carbocycles. The predicted octanol–water partition coefficient (Wildman–Crippen LogP) is 1.57. The molecular formula is C14H11N5O3. The summed E-state index contributed by atoms with van der Waals surface area (Å²) in [6.45, 7) is 0.376. The molecule has 3 rings (SSSR count). The van der Waals surface area contributed by atoms with Crippen LogP contribution in [0.1, 0.15) is 16.1 Å². The van der Waals surface area contributed by atoms with E-state index < -0.39 is 4.92 Å². The van der Waals surface area contributed by atoms with Gasteiger partial charge in [-0.05, 0) is 5.56 Å². The zero-order valence-corrected chi connectivity index (χ0v) is 11.3. The van der Waals surface area contributed by atoms with Gasteiger partial charge in [0.15, 0.2) is 11.3 Å². The molecule has 0 aliphatic heterocycles. The van der Waals surface area contributed by atoms with E-state index in [1.54, 1.807) is 0 Å². The molecule has 0 unspecified atom stereocenters. The molecule has 3 aromatic rings. The van der Waals surface area contributed by atoms with Gasteiger partial charge in [0.2, 0.25) is 0 Å². The first-order valence-corrected chi connectivity index (χ1v) is 6.45. The molecular weight excluding hydrogens is 286 g/mol. The van der Waals surface area contributed by atoms with Gasteiger partial charge in [0.1, 0.15) is 12.4 Å². The van der Waals surface area contributed by atoms with E-state index in [1.807, 2.05) is 30.3 Å². The zero-order valence-electron chi connectivity index (χ0n) is 11.3. The van der Waals surface area contributed by atoms with Crippen molar-refractivity contribution in [3.05, 3.63) is 70.2 Å². The number of rotatable bonds is 4. The number of carbonyl (C=O) groups excluding carboxylic acids is 1. The Morgan fingerprint density at radius 2 is 2.09 bits per heavy atom. The standard InChI is InChI=1S/C14H11N5O3/c20-14(16-7-10-4-2-1-3-5-10)12-6-13-15-8-11(19(21)22)9-18(13)17-12/h1-6,8-9H,7H2,(H,16,20). The lowest BCUT2D eigenvalue weighted by molar-refractivity contribution is -0.385. The molecule has 1 amide bonds. The molecule has 1 N–H and O–H groups in total. The van der Waals surface area contributed by atoms with E-state index in [1.165, 1.54) is 16.8 Å². The van der Waals surface area contributed by atoms with Crippen LogP contribution >= 0.6 is 0 Å². The summed E-state index contributed by atoms with van der Waals surface area (Å²) in [6, 6.07) is 10.9. The topological polar surface area (TPSA) is 102 Å². The highest BCUT2D eigenvalue weighted by atomic mass is 16.6. The zero-order chi connectivity index (χ0) is 15.5. The number of nitrogens with one attached hydrogen (secondary N) is 1. The number of benzene rings is 1. The van der Waals surface area contributed by atoms with Gasteiger partial charge >= 0.3 is 5.69 Å². The van der Waals surface area contributed by atoms with Crippen molar-refractivity contribution >= 4 is 17.2 Å². The monoisotopic (exact) mass is 297 g/mol. The largest absolute Gasteiger partial charge is 0.347 e. The van der Waals surface area contributed by atoms with Gasteiger partial charge in [0, 0.05) is 12.6 Å². The maximum absolute atomic E-state index is 12.1. The molecule has 22 heavy (non-hydrogen) atoms. The van der Waals surface area contributed by atoms with Crippen LogP contribution in [0.3, 0.4) is 0 Å². The molecule has 0 saturated heterocycles. The Morgan fingerprint density at radius 1 is 1.32 bits per heavy atom. The van der Waals surface area contributed by atoms with E-state index in [2.05, 4.69) is 15.4 Å². The first kappa shape index (κ1) is 13.7. The smallest absolute Gasteiger partial charge is 0.305 e. The van der Waals surface area contributed by atoms with Crippen LogP contribution in [0.5, 0.6) is 0 Å². The fourth-order valence-corrected chi connectivity index (χ4v) is 1.94. The normalized spacial score (nSPS) is 10.5. The molecule has 2 aromatic heterocycles. The Hall–Kier alpha value is -3.29. The van der Waals surface area contributed by atoms with Gasteiger partial charge in [-0.15, -0.1) is 0 Å². The summed E-state index contributed by atoms with van der Waals surface area (Å²) in [6.07, 6.45) is 2.35. The number of hydrogen-bond acceptors (Lipinski definition) is 5. The van der Waals surface area contributed by atoms with E-state index in [0.717, 1.165) is 11.8 Å². The molecule has 8 heteroatoms. The molecule has 0 aliphatic rings. The van der Waals surface area contributed by atoms with Gasteiger partial charge in [-0.1, -0.05) is 30.3 Å². The third-order valence-electron chi connectivity index (χ3n) is 3.04. The summed E-state index contributed by atoms with van der Waals surface area (Å²) in [5.74, 6) is -0.364. The maximum Gasteiger partial charge on any atom is 0.305 e. The number of nitrogens with zero attached hydrogens (tertiary/aromatic N) is 4. The highest BCUT2D eigenvalue weighted by Gasteiger charge is 2.14. The third kappa shape index (κ3) is 2.75. The van der Waals surface area contributed by atoms with Crippen molar-refractivity contribution in [3.63, 3.8) is 0 Å². The van der Waals surface area contributed by atoms with Crippen molar-refractivity contribution in [2.45, 2.75) is 6.54 Å². The van der Waals surface area contributed by atoms with Crippen LogP contribution in [0.4, 0.5) is 5.69 Å². The molecule has 0 aliphatic carbocycles. The van der Waals surface area contributed by atoms with Crippen LogP contribution in [0.2, 0.25) is 0 Å². The van der Waals surface area contributed by atoms with E-state index in [0.29, 0.717) is 12.2 Å². The molecule has 110 valence electrons. The lowest BCUT2D eigenvalue weighted by atomic mass is 10.2. The van der Waals surface area contributed by atoms with E-state index in [-0.39, 0.29) is 17.3 Å². The van der Waals surface area contributed by atoms with Crippen LogP contribution in [0, 0.1) is 10.1 Å². The van der Waals surface area contributed by atoms with Gasteiger partial charge in [-0.3, -0.25) is 14.9 Å². The Bertz CT molecular complexity index is 844. The molecule has 0 atom stereocenters. The Balaban J connectivity index is 1.78. The summed E-state index contributed by atoms with van der Waals surface area (Å²) in [5, 5.41) is 17.4. The molecule has 2 heterocycles. The van der Waals surface area contributed by atoms with E-state index in [9.17, 15) is 14.9 Å². The summed E-state index contributed by atoms with van der Waals surface area (Å²) < 4.78 is 1.22. The van der Waals surface area contributed by atoms with Gasteiger partial charge in [-0.2, -0.15) is 5.10 Å². The minimum Gasteiger partial charge on any atom is -0.347 e. The van der Waals surface area contributed by atoms with Gasteiger partial charge < -0.3 is 5.32 Å².